The third kappa shape index (κ3) is 6.61. The third-order valence-electron chi connectivity index (χ3n) is 4.44. The molecule has 1 atom stereocenters. The number of carbonyl (C=O) groups is 1. The number of likely N-dealkylation sites (tertiary alicyclic amines) is 1. The largest absolute Gasteiger partial charge is 0.338 e. The zero-order chi connectivity index (χ0) is 16.5. The molecule has 0 unspecified atom stereocenters. The van der Waals surface area contributed by atoms with Crippen molar-refractivity contribution in [3.63, 3.8) is 0 Å². The summed E-state index contributed by atoms with van der Waals surface area (Å²) in [4.78, 5) is 14.2. The normalized spacial score (nSPS) is 18.6. The van der Waals surface area contributed by atoms with Crippen LogP contribution in [0, 0.1) is 5.92 Å². The van der Waals surface area contributed by atoms with Gasteiger partial charge in [-0.25, -0.2) is 4.79 Å². The fourth-order valence-corrected chi connectivity index (χ4v) is 3.07. The first-order valence-electron chi connectivity index (χ1n) is 8.99. The van der Waals surface area contributed by atoms with Crippen LogP contribution in [0.25, 0.3) is 0 Å². The zero-order valence-corrected chi connectivity index (χ0v) is 14.6. The minimum atomic E-state index is -0.0789. The van der Waals surface area contributed by atoms with Gasteiger partial charge in [0.25, 0.3) is 0 Å². The van der Waals surface area contributed by atoms with Crippen LogP contribution in [0.3, 0.4) is 0 Å². The molecule has 23 heavy (non-hydrogen) atoms. The first-order chi connectivity index (χ1) is 11.2. The molecule has 0 radical (unpaired) electrons. The van der Waals surface area contributed by atoms with E-state index in [4.69, 9.17) is 0 Å². The Hall–Kier alpha value is -1.55. The predicted molar refractivity (Wildman–Crippen MR) is 95.3 cm³/mol. The molecule has 1 aromatic rings. The Balaban J connectivity index is 1.72. The van der Waals surface area contributed by atoms with Crippen molar-refractivity contribution in [1.29, 1.82) is 0 Å². The molecule has 1 aliphatic heterocycles. The average Bonchev–Trinajstić information content (AvgIpc) is 2.54. The zero-order valence-electron chi connectivity index (χ0n) is 14.6. The van der Waals surface area contributed by atoms with Crippen molar-refractivity contribution in [2.24, 2.45) is 5.92 Å². The van der Waals surface area contributed by atoms with Crippen LogP contribution in [-0.4, -0.2) is 30.6 Å². The molecule has 2 N–H and O–H groups in total. The molecule has 128 valence electrons. The van der Waals surface area contributed by atoms with Crippen LogP contribution >= 0.6 is 0 Å². The molecule has 1 aromatic carbocycles. The SMILES string of the molecule is CCCCNC(=O)NCc1ccc(CN2CCC[C@H](C)C2)cc1. The highest BCUT2D eigenvalue weighted by molar-refractivity contribution is 5.73. The Labute approximate surface area is 140 Å². The Bertz CT molecular complexity index is 472. The third-order valence-corrected chi connectivity index (χ3v) is 4.44. The van der Waals surface area contributed by atoms with Gasteiger partial charge in [0.15, 0.2) is 0 Å². The number of hydrogen-bond acceptors (Lipinski definition) is 2. The second kappa shape index (κ2) is 9.56. The molecule has 0 aliphatic carbocycles. The Morgan fingerprint density at radius 3 is 2.65 bits per heavy atom. The maximum Gasteiger partial charge on any atom is 0.315 e. The van der Waals surface area contributed by atoms with E-state index >= 15 is 0 Å². The molecule has 0 aromatic heterocycles. The second-order valence-electron chi connectivity index (χ2n) is 6.76. The number of nitrogens with zero attached hydrogens (tertiary/aromatic N) is 1. The summed E-state index contributed by atoms with van der Waals surface area (Å²) in [6.45, 7) is 9.25. The monoisotopic (exact) mass is 317 g/mol. The lowest BCUT2D eigenvalue weighted by Crippen LogP contribution is -2.35. The Kier molecular flexibility index (Phi) is 7.40. The van der Waals surface area contributed by atoms with Gasteiger partial charge < -0.3 is 10.6 Å². The van der Waals surface area contributed by atoms with Gasteiger partial charge in [0.1, 0.15) is 0 Å². The molecule has 2 rings (SSSR count). The molecule has 1 aliphatic rings. The second-order valence-corrected chi connectivity index (χ2v) is 6.76. The summed E-state index contributed by atoms with van der Waals surface area (Å²) in [6, 6.07) is 8.53. The van der Waals surface area contributed by atoms with Crippen molar-refractivity contribution in [1.82, 2.24) is 15.5 Å². The number of hydrogen-bond donors (Lipinski definition) is 2. The van der Waals surface area contributed by atoms with Gasteiger partial charge in [-0.1, -0.05) is 44.5 Å². The van der Waals surface area contributed by atoms with Crippen LogP contribution in [0.5, 0.6) is 0 Å². The smallest absolute Gasteiger partial charge is 0.315 e. The predicted octanol–water partition coefficient (Wildman–Crippen LogP) is 3.52. The maximum atomic E-state index is 11.6. The van der Waals surface area contributed by atoms with Crippen LogP contribution in [-0.2, 0) is 13.1 Å². The molecule has 4 nitrogen and oxygen atoms in total. The topological polar surface area (TPSA) is 44.4 Å². The summed E-state index contributed by atoms with van der Waals surface area (Å²) < 4.78 is 0. The van der Waals surface area contributed by atoms with E-state index in [-0.39, 0.29) is 6.03 Å². The fourth-order valence-electron chi connectivity index (χ4n) is 3.07. The lowest BCUT2D eigenvalue weighted by Gasteiger charge is -2.30. The van der Waals surface area contributed by atoms with Crippen LogP contribution in [0.15, 0.2) is 24.3 Å². The summed E-state index contributed by atoms with van der Waals surface area (Å²) in [5.74, 6) is 0.818. The summed E-state index contributed by atoms with van der Waals surface area (Å²) >= 11 is 0. The molecule has 1 saturated heterocycles. The van der Waals surface area contributed by atoms with Crippen molar-refractivity contribution < 1.29 is 4.79 Å². The standard InChI is InChI=1S/C19H31N3O/c1-3-4-11-20-19(23)21-13-17-7-9-18(10-8-17)15-22-12-5-6-16(2)14-22/h7-10,16H,3-6,11-15H2,1-2H3,(H2,20,21,23)/t16-/m0/s1. The average molecular weight is 317 g/mol. The van der Waals surface area contributed by atoms with Gasteiger partial charge in [0.05, 0.1) is 0 Å². The summed E-state index contributed by atoms with van der Waals surface area (Å²) in [5, 5.41) is 5.77. The van der Waals surface area contributed by atoms with Gasteiger partial charge in [-0.3, -0.25) is 4.90 Å². The van der Waals surface area contributed by atoms with Gasteiger partial charge in [-0.15, -0.1) is 0 Å². The molecule has 1 fully saturated rings. The summed E-state index contributed by atoms with van der Waals surface area (Å²) in [7, 11) is 0. The van der Waals surface area contributed by atoms with Crippen molar-refractivity contribution >= 4 is 6.03 Å². The van der Waals surface area contributed by atoms with Crippen molar-refractivity contribution in [2.45, 2.75) is 52.6 Å². The number of unbranched alkanes of at least 4 members (excludes halogenated alkanes) is 1. The van der Waals surface area contributed by atoms with E-state index in [1.54, 1.807) is 0 Å². The number of nitrogens with one attached hydrogen (secondary N) is 2. The van der Waals surface area contributed by atoms with E-state index in [1.165, 1.54) is 31.5 Å². The maximum absolute atomic E-state index is 11.6. The van der Waals surface area contributed by atoms with E-state index in [1.807, 2.05) is 0 Å². The van der Waals surface area contributed by atoms with E-state index in [0.717, 1.165) is 37.4 Å². The molecule has 0 spiro atoms. The highest BCUT2D eigenvalue weighted by atomic mass is 16.2. The van der Waals surface area contributed by atoms with Crippen molar-refractivity contribution in [3.8, 4) is 0 Å². The minimum absolute atomic E-state index is 0.0789. The molecular weight excluding hydrogens is 286 g/mol. The van der Waals surface area contributed by atoms with Crippen molar-refractivity contribution in [3.05, 3.63) is 35.4 Å². The summed E-state index contributed by atoms with van der Waals surface area (Å²) in [6.07, 6.45) is 4.80. The van der Waals surface area contributed by atoms with E-state index in [0.29, 0.717) is 6.54 Å². The first-order valence-corrected chi connectivity index (χ1v) is 8.99. The van der Waals surface area contributed by atoms with Gasteiger partial charge in [0, 0.05) is 26.2 Å². The molecule has 0 saturated carbocycles. The molecule has 1 heterocycles. The number of carbonyl (C=O) groups excluding carboxylic acids is 1. The van der Waals surface area contributed by atoms with E-state index in [2.05, 4.69) is 53.6 Å². The van der Waals surface area contributed by atoms with Crippen LogP contribution in [0.2, 0.25) is 0 Å². The van der Waals surface area contributed by atoms with Gasteiger partial charge in [-0.2, -0.15) is 0 Å². The first kappa shape index (κ1) is 17.8. The van der Waals surface area contributed by atoms with Gasteiger partial charge in [-0.05, 0) is 42.9 Å². The Morgan fingerprint density at radius 1 is 1.22 bits per heavy atom. The number of amides is 2. The van der Waals surface area contributed by atoms with E-state index < -0.39 is 0 Å². The minimum Gasteiger partial charge on any atom is -0.338 e. The van der Waals surface area contributed by atoms with Gasteiger partial charge >= 0.3 is 6.03 Å². The highest BCUT2D eigenvalue weighted by Crippen LogP contribution is 2.18. The molecule has 2 amide bonds. The Morgan fingerprint density at radius 2 is 1.96 bits per heavy atom. The highest BCUT2D eigenvalue weighted by Gasteiger charge is 2.16. The van der Waals surface area contributed by atoms with Crippen LogP contribution < -0.4 is 10.6 Å². The number of benzene rings is 1. The van der Waals surface area contributed by atoms with Crippen molar-refractivity contribution in [2.75, 3.05) is 19.6 Å². The molecule has 4 heteroatoms. The number of rotatable bonds is 7. The fraction of sp³-hybridized carbons (Fsp3) is 0.632. The molecular formula is C19H31N3O. The number of urea groups is 1. The van der Waals surface area contributed by atoms with Crippen LogP contribution in [0.4, 0.5) is 4.79 Å². The summed E-state index contributed by atoms with van der Waals surface area (Å²) in [5.41, 5.74) is 2.50. The molecule has 0 bridgehead atoms. The van der Waals surface area contributed by atoms with E-state index in [9.17, 15) is 4.79 Å². The quantitative estimate of drug-likeness (QED) is 0.756. The lowest BCUT2D eigenvalue weighted by atomic mass is 9.99. The number of piperidine rings is 1. The lowest BCUT2D eigenvalue weighted by molar-refractivity contribution is 0.176. The van der Waals surface area contributed by atoms with Gasteiger partial charge in [0.2, 0.25) is 0 Å². The van der Waals surface area contributed by atoms with Crippen LogP contribution in [0.1, 0.15) is 50.7 Å².